The number of nitrogens with zero attached hydrogens (tertiary/aromatic N) is 3. The summed E-state index contributed by atoms with van der Waals surface area (Å²) in [6, 6.07) is 113. The molecular weight excluding hydrogens is 1240 g/mol. The molecule has 5 nitrogen and oxygen atoms in total. The molecule has 0 spiro atoms. The van der Waals surface area contributed by atoms with E-state index < -0.39 is 0 Å². The second-order valence-electron chi connectivity index (χ2n) is 29.1. The number of benzene rings is 17. The minimum absolute atomic E-state index is 0.108. The monoisotopic (exact) mass is 1300 g/mol. The van der Waals surface area contributed by atoms with Crippen LogP contribution in [-0.2, 0) is 10.8 Å². The van der Waals surface area contributed by atoms with Crippen LogP contribution < -0.4 is 0 Å². The highest BCUT2D eigenvalue weighted by Gasteiger charge is 2.38. The van der Waals surface area contributed by atoms with Crippen molar-refractivity contribution in [3.05, 3.63) is 332 Å². The van der Waals surface area contributed by atoms with Crippen LogP contribution in [0.5, 0.6) is 0 Å². The Balaban J connectivity index is 0.000000129. The van der Waals surface area contributed by atoms with E-state index in [0.717, 1.165) is 61.1 Å². The topological polar surface area (TPSA) is 49.0 Å². The zero-order chi connectivity index (χ0) is 67.4. The van der Waals surface area contributed by atoms with E-state index in [-0.39, 0.29) is 10.8 Å². The van der Waals surface area contributed by atoms with Gasteiger partial charge in [-0.15, -0.1) is 0 Å². The summed E-state index contributed by atoms with van der Waals surface area (Å²) in [6.45, 7) is 9.47. The zero-order valence-corrected chi connectivity index (χ0v) is 56.6. The molecule has 2 aliphatic carbocycles. The Bertz CT molecular complexity index is 7130. The lowest BCUT2D eigenvalue weighted by Gasteiger charge is -2.21. The van der Waals surface area contributed by atoms with Gasteiger partial charge in [0.05, 0.1) is 22.1 Å². The van der Waals surface area contributed by atoms with Gasteiger partial charge in [0, 0.05) is 76.4 Å². The molecule has 0 atom stereocenters. The number of furan rings is 1. The standard InChI is InChI=1S/C51H33NO.C46H30N2O/c1-51(2)43-20-9-7-15-36(43)41-28-42-46(29-44(41)51)52(31-24-22-30(23-25-31)32-18-11-19-40-37-16-8-10-21-47(37)53-50(32)40)45-27-26-39-35-14-4-3-12-33(35)34-13-5-6-17-38(34)48(39)49(42)45;1-46(2)37-16-8-7-14-32(37)35-25-36-41(26-38(35)46)48(28-21-19-27(20-22-28)45-47-39-17-9-10-18-42(39)49-45)40-24-23-34-31-13-4-3-11-29(31)30-12-5-6-15-33(30)43(34)44(36)40/h3-29H,1-2H3;3-26H,1-2H3. The van der Waals surface area contributed by atoms with Crippen molar-refractivity contribution in [3.8, 4) is 56.2 Å². The highest BCUT2D eigenvalue weighted by molar-refractivity contribution is 6.37. The van der Waals surface area contributed by atoms with E-state index in [1.54, 1.807) is 0 Å². The second-order valence-corrected chi connectivity index (χ2v) is 29.1. The van der Waals surface area contributed by atoms with Crippen molar-refractivity contribution in [3.63, 3.8) is 0 Å². The predicted molar refractivity (Wildman–Crippen MR) is 427 cm³/mol. The SMILES string of the molecule is CC1(C)c2ccccc2-c2cc3c4c5c6ccccc6c6ccccc6c5ccc4n(-c4ccc(-c5cccc6c5oc5ccccc56)cc4)c3cc21.CC1(C)c2ccccc2-c2cc3c4c5c6ccccc6c6ccccc6c5ccc4n(-c4ccc(-c5nc6ccccc6o5)cc4)c3cc21. The van der Waals surface area contributed by atoms with E-state index in [4.69, 9.17) is 13.8 Å². The molecule has 0 amide bonds. The molecule has 0 unspecified atom stereocenters. The van der Waals surface area contributed by atoms with E-state index in [1.807, 2.05) is 30.3 Å². The highest BCUT2D eigenvalue weighted by Crippen LogP contribution is 2.55. The summed E-state index contributed by atoms with van der Waals surface area (Å²) < 4.78 is 17.5. The van der Waals surface area contributed by atoms with E-state index in [0.29, 0.717) is 5.89 Å². The first-order valence-electron chi connectivity index (χ1n) is 35.5. The van der Waals surface area contributed by atoms with Crippen LogP contribution in [-0.4, -0.2) is 14.1 Å². The van der Waals surface area contributed by atoms with Gasteiger partial charge in [-0.1, -0.05) is 246 Å². The molecule has 5 heteroatoms. The van der Waals surface area contributed by atoms with Crippen molar-refractivity contribution in [2.45, 2.75) is 38.5 Å². The van der Waals surface area contributed by atoms with Crippen molar-refractivity contribution in [2.75, 3.05) is 0 Å². The summed E-state index contributed by atoms with van der Waals surface area (Å²) in [5, 5.41) is 23.0. The summed E-state index contributed by atoms with van der Waals surface area (Å²) in [6.07, 6.45) is 0. The number of hydrogen-bond donors (Lipinski definition) is 0. The first-order valence-corrected chi connectivity index (χ1v) is 35.5. The lowest BCUT2D eigenvalue weighted by molar-refractivity contribution is 0.620. The molecule has 0 aliphatic heterocycles. The molecule has 0 N–H and O–H groups in total. The molecule has 0 bridgehead atoms. The van der Waals surface area contributed by atoms with Gasteiger partial charge in [-0.3, -0.25) is 0 Å². The maximum atomic E-state index is 6.45. The normalized spacial score (nSPS) is 13.6. The zero-order valence-electron chi connectivity index (χ0n) is 56.6. The first kappa shape index (κ1) is 57.1. The molecule has 23 rings (SSSR count). The molecule has 0 fully saturated rings. The Labute approximate surface area is 587 Å². The fourth-order valence-corrected chi connectivity index (χ4v) is 18.5. The molecule has 0 saturated carbocycles. The van der Waals surface area contributed by atoms with Crippen LogP contribution in [0.15, 0.2) is 318 Å². The Morgan fingerprint density at radius 1 is 0.255 bits per heavy atom. The van der Waals surface area contributed by atoms with Gasteiger partial charge < -0.3 is 18.0 Å². The predicted octanol–water partition coefficient (Wildman–Crippen LogP) is 26.5. The molecule has 0 radical (unpaired) electrons. The minimum atomic E-state index is -0.110. The first-order chi connectivity index (χ1) is 50.1. The Kier molecular flexibility index (Phi) is 11.7. The third-order valence-corrected chi connectivity index (χ3v) is 23.2. The van der Waals surface area contributed by atoms with Gasteiger partial charge in [-0.2, -0.15) is 0 Å². The number of oxazole rings is 1. The lowest BCUT2D eigenvalue weighted by atomic mass is 9.82. The van der Waals surface area contributed by atoms with Gasteiger partial charge >= 0.3 is 0 Å². The molecule has 17 aromatic carbocycles. The molecule has 21 aromatic rings. The van der Waals surface area contributed by atoms with Gasteiger partial charge in [0.15, 0.2) is 5.58 Å². The van der Waals surface area contributed by atoms with Crippen LogP contribution in [0.25, 0.3) is 197 Å². The smallest absolute Gasteiger partial charge is 0.227 e. The Morgan fingerprint density at radius 3 is 1.15 bits per heavy atom. The van der Waals surface area contributed by atoms with Crippen LogP contribution in [0, 0.1) is 0 Å². The van der Waals surface area contributed by atoms with Crippen molar-refractivity contribution < 1.29 is 8.83 Å². The largest absolute Gasteiger partial charge is 0.455 e. The summed E-state index contributed by atoms with van der Waals surface area (Å²) in [5.41, 5.74) is 24.5. The molecule has 0 saturated heterocycles. The van der Waals surface area contributed by atoms with Gasteiger partial charge in [0.1, 0.15) is 16.7 Å². The third-order valence-electron chi connectivity index (χ3n) is 23.2. The Hall–Kier alpha value is -12.8. The highest BCUT2D eigenvalue weighted by atomic mass is 16.3. The van der Waals surface area contributed by atoms with Crippen LogP contribution in [0.4, 0.5) is 0 Å². The average Bonchev–Trinajstić information content (AvgIpc) is 1.51. The minimum Gasteiger partial charge on any atom is -0.455 e. The number of fused-ring (bicyclic) bond motifs is 30. The van der Waals surface area contributed by atoms with Crippen molar-refractivity contribution >= 4 is 141 Å². The fourth-order valence-electron chi connectivity index (χ4n) is 18.5. The van der Waals surface area contributed by atoms with E-state index >= 15 is 0 Å². The molecule has 102 heavy (non-hydrogen) atoms. The average molecular weight is 1300 g/mol. The molecule has 4 aromatic heterocycles. The molecule has 478 valence electrons. The van der Waals surface area contributed by atoms with Crippen LogP contribution in [0.1, 0.15) is 49.9 Å². The summed E-state index contributed by atoms with van der Waals surface area (Å²) in [7, 11) is 0. The quantitative estimate of drug-likeness (QED) is 0.165. The Morgan fingerprint density at radius 2 is 0.647 bits per heavy atom. The van der Waals surface area contributed by atoms with Crippen LogP contribution in [0.3, 0.4) is 0 Å². The van der Waals surface area contributed by atoms with E-state index in [9.17, 15) is 0 Å². The van der Waals surface area contributed by atoms with Gasteiger partial charge in [0.2, 0.25) is 5.89 Å². The van der Waals surface area contributed by atoms with E-state index in [1.165, 1.54) is 153 Å². The van der Waals surface area contributed by atoms with Crippen LogP contribution in [0.2, 0.25) is 0 Å². The maximum Gasteiger partial charge on any atom is 0.227 e. The molecule has 2 aliphatic rings. The van der Waals surface area contributed by atoms with Gasteiger partial charge in [-0.25, -0.2) is 4.98 Å². The third kappa shape index (κ3) is 7.85. The van der Waals surface area contributed by atoms with E-state index in [2.05, 4.69) is 316 Å². The summed E-state index contributed by atoms with van der Waals surface area (Å²) >= 11 is 0. The summed E-state index contributed by atoms with van der Waals surface area (Å²) in [5.74, 6) is 0.636. The summed E-state index contributed by atoms with van der Waals surface area (Å²) in [4.78, 5) is 4.76. The number of aromatic nitrogens is 3. The number of rotatable bonds is 4. The fraction of sp³-hybridized carbons (Fsp3) is 0.0619. The van der Waals surface area contributed by atoms with Gasteiger partial charge in [0.25, 0.3) is 0 Å². The van der Waals surface area contributed by atoms with Crippen molar-refractivity contribution in [2.24, 2.45) is 0 Å². The number of para-hydroxylation sites is 4. The van der Waals surface area contributed by atoms with Gasteiger partial charge in [-0.05, 0) is 195 Å². The van der Waals surface area contributed by atoms with Crippen molar-refractivity contribution in [1.29, 1.82) is 0 Å². The molecule has 4 heterocycles. The van der Waals surface area contributed by atoms with Crippen molar-refractivity contribution in [1.82, 2.24) is 14.1 Å². The number of hydrogen-bond acceptors (Lipinski definition) is 3. The maximum absolute atomic E-state index is 6.45. The second kappa shape index (κ2) is 20.9. The van der Waals surface area contributed by atoms with Crippen LogP contribution >= 0.6 is 0 Å². The lowest BCUT2D eigenvalue weighted by Crippen LogP contribution is -2.14. The molecular formula is C97H63N3O2.